The highest BCUT2D eigenvalue weighted by Gasteiger charge is 2.08. The van der Waals surface area contributed by atoms with E-state index < -0.39 is 0 Å². The van der Waals surface area contributed by atoms with Crippen LogP contribution in [0.5, 0.6) is 0 Å². The number of fused-ring (bicyclic) bond motifs is 1. The zero-order valence-corrected chi connectivity index (χ0v) is 7.99. The number of halogens is 1. The number of benzene rings is 1. The molecule has 0 radical (unpaired) electrons. The molecular weight excluding hydrogens is 187 g/mol. The predicted molar refractivity (Wildman–Crippen MR) is 52.4 cm³/mol. The van der Waals surface area contributed by atoms with Gasteiger partial charge in [0.05, 0.1) is 6.61 Å². The lowest BCUT2D eigenvalue weighted by molar-refractivity contribution is 0.283. The van der Waals surface area contributed by atoms with Crippen LogP contribution in [0.3, 0.4) is 0 Å². The number of aliphatic hydroxyl groups is 1. The lowest BCUT2D eigenvalue weighted by atomic mass is 10.1. The van der Waals surface area contributed by atoms with E-state index in [-0.39, 0.29) is 12.4 Å². The summed E-state index contributed by atoms with van der Waals surface area (Å²) in [5, 5.41) is 11.9. The molecule has 0 atom stereocenters. The van der Waals surface area contributed by atoms with Crippen LogP contribution in [0.4, 0.5) is 4.39 Å². The Labute approximate surface area is 79.4 Å². The maximum atomic E-state index is 13.3. The molecule has 0 unspecified atom stereocenters. The van der Waals surface area contributed by atoms with Gasteiger partial charge in [-0.25, -0.2) is 4.39 Å². The topological polar surface area (TPSA) is 20.2 Å². The van der Waals surface area contributed by atoms with Crippen molar-refractivity contribution in [1.29, 1.82) is 0 Å². The van der Waals surface area contributed by atoms with E-state index in [4.69, 9.17) is 5.11 Å². The summed E-state index contributed by atoms with van der Waals surface area (Å²) in [5.74, 6) is -0.237. The summed E-state index contributed by atoms with van der Waals surface area (Å²) in [4.78, 5) is 0. The number of rotatable bonds is 1. The van der Waals surface area contributed by atoms with Gasteiger partial charge in [0.1, 0.15) is 5.82 Å². The molecule has 1 nitrogen and oxygen atoms in total. The van der Waals surface area contributed by atoms with Gasteiger partial charge in [0.25, 0.3) is 0 Å². The molecule has 1 N–H and O–H groups in total. The van der Waals surface area contributed by atoms with Crippen molar-refractivity contribution in [3.8, 4) is 0 Å². The van der Waals surface area contributed by atoms with E-state index in [1.54, 1.807) is 6.92 Å². The largest absolute Gasteiger partial charge is 0.392 e. The van der Waals surface area contributed by atoms with Crippen LogP contribution in [-0.2, 0) is 6.61 Å². The van der Waals surface area contributed by atoms with E-state index in [0.29, 0.717) is 11.1 Å². The van der Waals surface area contributed by atoms with Gasteiger partial charge in [-0.05, 0) is 35.4 Å². The summed E-state index contributed by atoms with van der Waals surface area (Å²) in [6, 6.07) is 3.32. The van der Waals surface area contributed by atoms with Gasteiger partial charge in [-0.1, -0.05) is 0 Å². The van der Waals surface area contributed by atoms with Crippen molar-refractivity contribution in [2.75, 3.05) is 0 Å². The first-order valence-electron chi connectivity index (χ1n) is 4.00. The van der Waals surface area contributed by atoms with Gasteiger partial charge in [0.15, 0.2) is 0 Å². The summed E-state index contributed by atoms with van der Waals surface area (Å²) in [6.45, 7) is 1.65. The standard InChI is InChI=1S/C10H9FOS/c1-6-9(11)4-7(5-12)8-2-3-13-10(6)8/h2-4,12H,5H2,1H3. The molecule has 0 fully saturated rings. The summed E-state index contributed by atoms with van der Waals surface area (Å²) in [7, 11) is 0. The molecule has 0 saturated carbocycles. The van der Waals surface area contributed by atoms with Crippen molar-refractivity contribution in [1.82, 2.24) is 0 Å². The molecule has 1 aromatic heterocycles. The Balaban J connectivity index is 2.87. The maximum Gasteiger partial charge on any atom is 0.127 e. The fourth-order valence-corrected chi connectivity index (χ4v) is 2.37. The van der Waals surface area contributed by atoms with Gasteiger partial charge in [-0.15, -0.1) is 11.3 Å². The van der Waals surface area contributed by atoms with Crippen molar-refractivity contribution >= 4 is 21.4 Å². The van der Waals surface area contributed by atoms with Crippen molar-refractivity contribution in [2.24, 2.45) is 0 Å². The molecule has 68 valence electrons. The van der Waals surface area contributed by atoms with Crippen LogP contribution in [-0.4, -0.2) is 5.11 Å². The predicted octanol–water partition coefficient (Wildman–Crippen LogP) is 2.84. The lowest BCUT2D eigenvalue weighted by Crippen LogP contribution is -1.89. The Morgan fingerprint density at radius 1 is 1.54 bits per heavy atom. The second-order valence-electron chi connectivity index (χ2n) is 2.96. The van der Waals surface area contributed by atoms with Crippen LogP contribution in [0.2, 0.25) is 0 Å². The third kappa shape index (κ3) is 1.24. The average molecular weight is 196 g/mol. The molecule has 2 rings (SSSR count). The minimum Gasteiger partial charge on any atom is -0.392 e. The molecule has 0 bridgehead atoms. The SMILES string of the molecule is Cc1c(F)cc(CO)c2ccsc12. The molecule has 0 aliphatic carbocycles. The summed E-state index contributed by atoms with van der Waals surface area (Å²) >= 11 is 1.51. The molecule has 2 aromatic rings. The highest BCUT2D eigenvalue weighted by Crippen LogP contribution is 2.29. The highest BCUT2D eigenvalue weighted by molar-refractivity contribution is 7.17. The first-order valence-corrected chi connectivity index (χ1v) is 4.88. The van der Waals surface area contributed by atoms with Crippen LogP contribution in [0.25, 0.3) is 10.1 Å². The molecular formula is C10H9FOS. The second kappa shape index (κ2) is 3.09. The van der Waals surface area contributed by atoms with E-state index in [1.165, 1.54) is 17.4 Å². The highest BCUT2D eigenvalue weighted by atomic mass is 32.1. The third-order valence-electron chi connectivity index (χ3n) is 2.18. The van der Waals surface area contributed by atoms with Gasteiger partial charge in [0.2, 0.25) is 0 Å². The van der Waals surface area contributed by atoms with Crippen molar-refractivity contribution in [2.45, 2.75) is 13.5 Å². The molecule has 3 heteroatoms. The molecule has 0 saturated heterocycles. The van der Waals surface area contributed by atoms with Crippen molar-refractivity contribution in [3.05, 3.63) is 34.5 Å². The quantitative estimate of drug-likeness (QED) is 0.743. The van der Waals surface area contributed by atoms with Gasteiger partial charge in [0, 0.05) is 10.3 Å². The fourth-order valence-electron chi connectivity index (χ4n) is 1.43. The van der Waals surface area contributed by atoms with Crippen molar-refractivity contribution in [3.63, 3.8) is 0 Å². The summed E-state index contributed by atoms with van der Waals surface area (Å²) < 4.78 is 14.2. The van der Waals surface area contributed by atoms with Crippen LogP contribution < -0.4 is 0 Å². The van der Waals surface area contributed by atoms with Crippen LogP contribution in [0.1, 0.15) is 11.1 Å². The Hall–Kier alpha value is -0.930. The zero-order valence-electron chi connectivity index (χ0n) is 7.17. The third-order valence-corrected chi connectivity index (χ3v) is 3.22. The molecule has 1 aromatic carbocycles. The molecule has 1 heterocycles. The average Bonchev–Trinajstić information content (AvgIpc) is 2.60. The van der Waals surface area contributed by atoms with Crippen LogP contribution in [0.15, 0.2) is 17.5 Å². The number of thiophene rings is 1. The number of aryl methyl sites for hydroxylation is 1. The number of hydrogen-bond donors (Lipinski definition) is 1. The maximum absolute atomic E-state index is 13.3. The number of aliphatic hydroxyl groups excluding tert-OH is 1. The van der Waals surface area contributed by atoms with Gasteiger partial charge >= 0.3 is 0 Å². The van der Waals surface area contributed by atoms with Crippen LogP contribution >= 0.6 is 11.3 Å². The Kier molecular flexibility index (Phi) is 2.06. The van der Waals surface area contributed by atoms with E-state index in [1.807, 2.05) is 11.4 Å². The summed E-state index contributed by atoms with van der Waals surface area (Å²) in [6.07, 6.45) is 0. The normalized spacial score (nSPS) is 11.0. The van der Waals surface area contributed by atoms with E-state index in [2.05, 4.69) is 0 Å². The minimum atomic E-state index is -0.237. The lowest BCUT2D eigenvalue weighted by Gasteiger charge is -2.03. The fraction of sp³-hybridized carbons (Fsp3) is 0.200. The van der Waals surface area contributed by atoms with Gasteiger partial charge in [-0.2, -0.15) is 0 Å². The minimum absolute atomic E-state index is 0.107. The van der Waals surface area contributed by atoms with Gasteiger partial charge < -0.3 is 5.11 Å². The summed E-state index contributed by atoms with van der Waals surface area (Å²) in [5.41, 5.74) is 1.33. The zero-order chi connectivity index (χ0) is 9.42. The van der Waals surface area contributed by atoms with E-state index in [0.717, 1.165) is 10.1 Å². The van der Waals surface area contributed by atoms with E-state index >= 15 is 0 Å². The molecule has 13 heavy (non-hydrogen) atoms. The Bertz CT molecular complexity index is 447. The van der Waals surface area contributed by atoms with Crippen molar-refractivity contribution < 1.29 is 9.50 Å². The molecule has 0 amide bonds. The Morgan fingerprint density at radius 3 is 3.00 bits per heavy atom. The second-order valence-corrected chi connectivity index (χ2v) is 3.88. The molecule has 0 aliphatic heterocycles. The first-order chi connectivity index (χ1) is 6.24. The smallest absolute Gasteiger partial charge is 0.127 e. The molecule has 0 spiro atoms. The Morgan fingerprint density at radius 2 is 2.31 bits per heavy atom. The monoisotopic (exact) mass is 196 g/mol. The molecule has 0 aliphatic rings. The first kappa shape index (κ1) is 8.66. The van der Waals surface area contributed by atoms with E-state index in [9.17, 15) is 4.39 Å². The van der Waals surface area contributed by atoms with Crippen LogP contribution in [0, 0.1) is 12.7 Å². The number of hydrogen-bond acceptors (Lipinski definition) is 2. The van der Waals surface area contributed by atoms with Gasteiger partial charge in [-0.3, -0.25) is 0 Å².